The Hall–Kier alpha value is -3.08. The number of amides is 1. The predicted molar refractivity (Wildman–Crippen MR) is 104 cm³/mol. The Morgan fingerprint density at radius 1 is 1.22 bits per heavy atom. The molecule has 138 valence electrons. The van der Waals surface area contributed by atoms with Crippen LogP contribution in [0.1, 0.15) is 46.1 Å². The van der Waals surface area contributed by atoms with Crippen molar-refractivity contribution in [1.82, 2.24) is 15.1 Å². The zero-order chi connectivity index (χ0) is 18.6. The van der Waals surface area contributed by atoms with Gasteiger partial charge in [0.2, 0.25) is 0 Å². The molecule has 5 nitrogen and oxygen atoms in total. The van der Waals surface area contributed by atoms with Crippen molar-refractivity contribution in [2.24, 2.45) is 0 Å². The summed E-state index contributed by atoms with van der Waals surface area (Å²) >= 11 is 0. The predicted octanol–water partition coefficient (Wildman–Crippen LogP) is 3.75. The number of aromatic nitrogens is 2. The molecule has 0 spiro atoms. The number of carbonyl (C=O) groups is 1. The molecular formula is C22H23N3O2. The summed E-state index contributed by atoms with van der Waals surface area (Å²) in [4.78, 5) is 12.7. The summed E-state index contributed by atoms with van der Waals surface area (Å²) in [6, 6.07) is 17.6. The van der Waals surface area contributed by atoms with E-state index in [1.807, 2.05) is 36.5 Å². The molecule has 1 aliphatic carbocycles. The zero-order valence-corrected chi connectivity index (χ0v) is 15.4. The Bertz CT molecular complexity index is 934. The lowest BCUT2D eigenvalue weighted by molar-refractivity contribution is 0.0932. The monoisotopic (exact) mass is 361 g/mol. The first-order valence-electron chi connectivity index (χ1n) is 9.28. The molecule has 0 saturated heterocycles. The van der Waals surface area contributed by atoms with Crippen LogP contribution < -0.4 is 10.1 Å². The van der Waals surface area contributed by atoms with E-state index >= 15 is 0 Å². The lowest BCUT2D eigenvalue weighted by Gasteiger charge is -2.24. The highest BCUT2D eigenvalue weighted by Gasteiger charge is 2.26. The first-order valence-corrected chi connectivity index (χ1v) is 9.28. The fourth-order valence-corrected chi connectivity index (χ4v) is 3.67. The third-order valence-corrected chi connectivity index (χ3v) is 5.08. The van der Waals surface area contributed by atoms with E-state index < -0.39 is 0 Å². The first-order chi connectivity index (χ1) is 13.2. The SMILES string of the molecule is COc1cccc(C(=O)N[C@@H]2CCCc3c2cnn3Cc2ccccc2)c1. The van der Waals surface area contributed by atoms with Crippen molar-refractivity contribution >= 4 is 5.91 Å². The normalized spacial score (nSPS) is 15.8. The van der Waals surface area contributed by atoms with E-state index in [-0.39, 0.29) is 11.9 Å². The Morgan fingerprint density at radius 3 is 2.89 bits per heavy atom. The standard InChI is InChI=1S/C22H23N3O2/c1-27-18-10-5-9-17(13-18)22(26)24-20-11-6-12-21-19(20)14-23-25(21)15-16-7-3-2-4-8-16/h2-5,7-10,13-14,20H,6,11-12,15H2,1H3,(H,24,26)/t20-/m1/s1. The van der Waals surface area contributed by atoms with Gasteiger partial charge in [0.05, 0.1) is 25.9 Å². The fraction of sp³-hybridized carbons (Fsp3) is 0.273. The maximum Gasteiger partial charge on any atom is 0.251 e. The van der Waals surface area contributed by atoms with E-state index in [9.17, 15) is 4.79 Å². The van der Waals surface area contributed by atoms with Crippen molar-refractivity contribution in [3.8, 4) is 5.75 Å². The molecule has 1 N–H and O–H groups in total. The second-order valence-electron chi connectivity index (χ2n) is 6.84. The van der Waals surface area contributed by atoms with Crippen molar-refractivity contribution in [1.29, 1.82) is 0 Å². The van der Waals surface area contributed by atoms with Gasteiger partial charge >= 0.3 is 0 Å². The molecule has 27 heavy (non-hydrogen) atoms. The molecule has 5 heteroatoms. The summed E-state index contributed by atoms with van der Waals surface area (Å²) in [5, 5.41) is 7.77. The summed E-state index contributed by atoms with van der Waals surface area (Å²) < 4.78 is 7.28. The molecule has 0 fully saturated rings. The van der Waals surface area contributed by atoms with Gasteiger partial charge in [-0.05, 0) is 43.0 Å². The second-order valence-corrected chi connectivity index (χ2v) is 6.84. The summed E-state index contributed by atoms with van der Waals surface area (Å²) in [6.07, 6.45) is 4.87. The number of hydrogen-bond donors (Lipinski definition) is 1. The lowest BCUT2D eigenvalue weighted by Crippen LogP contribution is -2.31. The Balaban J connectivity index is 1.52. The topological polar surface area (TPSA) is 56.1 Å². The van der Waals surface area contributed by atoms with Crippen molar-refractivity contribution in [2.75, 3.05) is 7.11 Å². The number of methoxy groups -OCH3 is 1. The van der Waals surface area contributed by atoms with E-state index in [1.165, 1.54) is 11.3 Å². The van der Waals surface area contributed by atoms with Gasteiger partial charge in [-0.25, -0.2) is 0 Å². The summed E-state index contributed by atoms with van der Waals surface area (Å²) in [7, 11) is 1.60. The molecule has 1 aromatic heterocycles. The van der Waals surface area contributed by atoms with Crippen molar-refractivity contribution in [3.63, 3.8) is 0 Å². The minimum absolute atomic E-state index is 0.00280. The number of nitrogens with one attached hydrogen (secondary N) is 1. The molecule has 0 unspecified atom stereocenters. The van der Waals surface area contributed by atoms with Gasteiger partial charge in [0.25, 0.3) is 5.91 Å². The number of benzene rings is 2. The average molecular weight is 361 g/mol. The van der Waals surface area contributed by atoms with Crippen LogP contribution >= 0.6 is 0 Å². The van der Waals surface area contributed by atoms with E-state index in [4.69, 9.17) is 4.74 Å². The molecule has 4 rings (SSSR count). The summed E-state index contributed by atoms with van der Waals surface area (Å²) in [5.41, 5.74) is 4.19. The van der Waals surface area contributed by atoms with Crippen LogP contribution in [0.25, 0.3) is 0 Å². The van der Waals surface area contributed by atoms with Gasteiger partial charge in [-0.1, -0.05) is 36.4 Å². The number of nitrogens with zero attached hydrogens (tertiary/aromatic N) is 2. The van der Waals surface area contributed by atoms with Gasteiger partial charge in [0.1, 0.15) is 5.75 Å². The molecule has 2 aromatic carbocycles. The highest BCUT2D eigenvalue weighted by atomic mass is 16.5. The fourth-order valence-electron chi connectivity index (χ4n) is 3.67. The van der Waals surface area contributed by atoms with Crippen molar-refractivity contribution in [2.45, 2.75) is 31.8 Å². The van der Waals surface area contributed by atoms with E-state index in [0.29, 0.717) is 11.3 Å². The third-order valence-electron chi connectivity index (χ3n) is 5.08. The number of carbonyl (C=O) groups excluding carboxylic acids is 1. The van der Waals surface area contributed by atoms with Crippen LogP contribution in [0.3, 0.4) is 0 Å². The number of hydrogen-bond acceptors (Lipinski definition) is 3. The highest BCUT2D eigenvalue weighted by molar-refractivity contribution is 5.94. The quantitative estimate of drug-likeness (QED) is 0.753. The Morgan fingerprint density at radius 2 is 2.07 bits per heavy atom. The molecule has 0 aliphatic heterocycles. The molecule has 1 aliphatic rings. The molecule has 0 bridgehead atoms. The van der Waals surface area contributed by atoms with Gasteiger partial charge in [0, 0.05) is 16.8 Å². The Labute approximate surface area is 159 Å². The maximum atomic E-state index is 12.7. The van der Waals surface area contributed by atoms with Crippen LogP contribution in [0.15, 0.2) is 60.8 Å². The summed E-state index contributed by atoms with van der Waals surface area (Å²) in [5.74, 6) is 0.602. The molecule has 0 radical (unpaired) electrons. The van der Waals surface area contributed by atoms with Gasteiger partial charge in [-0.3, -0.25) is 9.48 Å². The zero-order valence-electron chi connectivity index (χ0n) is 15.4. The van der Waals surface area contributed by atoms with Crippen LogP contribution in [0, 0.1) is 0 Å². The molecule has 1 atom stereocenters. The number of rotatable bonds is 5. The first kappa shape index (κ1) is 17.3. The van der Waals surface area contributed by atoms with E-state index in [1.54, 1.807) is 19.2 Å². The van der Waals surface area contributed by atoms with Crippen LogP contribution in [0.2, 0.25) is 0 Å². The van der Waals surface area contributed by atoms with Gasteiger partial charge in [0.15, 0.2) is 0 Å². The van der Waals surface area contributed by atoms with Gasteiger partial charge in [-0.2, -0.15) is 5.10 Å². The maximum absolute atomic E-state index is 12.7. The van der Waals surface area contributed by atoms with Crippen LogP contribution in [-0.4, -0.2) is 22.8 Å². The van der Waals surface area contributed by atoms with Crippen LogP contribution in [0.4, 0.5) is 0 Å². The number of ether oxygens (including phenoxy) is 1. The third kappa shape index (κ3) is 3.72. The van der Waals surface area contributed by atoms with Crippen molar-refractivity contribution < 1.29 is 9.53 Å². The molecular weight excluding hydrogens is 338 g/mol. The average Bonchev–Trinajstić information content (AvgIpc) is 3.12. The van der Waals surface area contributed by atoms with E-state index in [2.05, 4.69) is 27.2 Å². The van der Waals surface area contributed by atoms with Gasteiger partial charge in [-0.15, -0.1) is 0 Å². The molecule has 1 amide bonds. The second kappa shape index (κ2) is 7.66. The minimum Gasteiger partial charge on any atom is -0.497 e. The number of fused-ring (bicyclic) bond motifs is 1. The van der Waals surface area contributed by atoms with Crippen molar-refractivity contribution in [3.05, 3.63) is 83.2 Å². The highest BCUT2D eigenvalue weighted by Crippen LogP contribution is 2.30. The largest absolute Gasteiger partial charge is 0.497 e. The lowest BCUT2D eigenvalue weighted by atomic mass is 9.92. The summed E-state index contributed by atoms with van der Waals surface area (Å²) in [6.45, 7) is 0.757. The molecule has 0 saturated carbocycles. The van der Waals surface area contributed by atoms with Crippen LogP contribution in [-0.2, 0) is 13.0 Å². The molecule has 3 aromatic rings. The smallest absolute Gasteiger partial charge is 0.251 e. The molecule has 1 heterocycles. The Kier molecular flexibility index (Phi) is 4.92. The van der Waals surface area contributed by atoms with E-state index in [0.717, 1.165) is 31.4 Å². The van der Waals surface area contributed by atoms with Crippen LogP contribution in [0.5, 0.6) is 5.75 Å². The van der Waals surface area contributed by atoms with Gasteiger partial charge < -0.3 is 10.1 Å². The minimum atomic E-state index is -0.0810.